The summed E-state index contributed by atoms with van der Waals surface area (Å²) < 4.78 is 1.05. The van der Waals surface area contributed by atoms with Crippen LogP contribution in [0.4, 0.5) is 17.1 Å². The number of para-hydroxylation sites is 1. The third-order valence-corrected chi connectivity index (χ3v) is 3.33. The van der Waals surface area contributed by atoms with Crippen LogP contribution in [0.3, 0.4) is 0 Å². The largest absolute Gasteiger partial charge is 0.351 e. The number of hydrogen-bond donors (Lipinski definition) is 2. The van der Waals surface area contributed by atoms with E-state index < -0.39 is 0 Å². The molecule has 0 amide bonds. The highest BCUT2D eigenvalue weighted by atomic mass is 79.9. The molecule has 1 unspecified atom stereocenters. The third kappa shape index (κ3) is 1.79. The van der Waals surface area contributed by atoms with Gasteiger partial charge in [0.2, 0.25) is 0 Å². The molecule has 0 bridgehead atoms. The van der Waals surface area contributed by atoms with Gasteiger partial charge in [0.15, 0.2) is 6.29 Å². The third-order valence-electron chi connectivity index (χ3n) is 2.84. The summed E-state index contributed by atoms with van der Waals surface area (Å²) in [6, 6.07) is 16.2. The van der Waals surface area contributed by atoms with Crippen molar-refractivity contribution in [3.05, 3.63) is 53.0 Å². The first kappa shape index (κ1) is 10.6. The Morgan fingerprint density at radius 3 is 2.65 bits per heavy atom. The van der Waals surface area contributed by atoms with Gasteiger partial charge in [0.05, 0.1) is 11.4 Å². The molecule has 0 aromatic heterocycles. The molecule has 0 saturated heterocycles. The number of anilines is 3. The summed E-state index contributed by atoms with van der Waals surface area (Å²) in [5.74, 6) is 0. The van der Waals surface area contributed by atoms with Gasteiger partial charge in [0.25, 0.3) is 0 Å². The van der Waals surface area contributed by atoms with Crippen molar-refractivity contribution < 1.29 is 0 Å². The Balaban J connectivity index is 2.11. The monoisotopic (exact) mass is 289 g/mol. The van der Waals surface area contributed by atoms with Crippen LogP contribution in [0.1, 0.15) is 0 Å². The maximum absolute atomic E-state index is 6.11. The molecule has 3 N–H and O–H groups in total. The summed E-state index contributed by atoms with van der Waals surface area (Å²) in [5, 5.41) is 3.26. The predicted molar refractivity (Wildman–Crippen MR) is 74.3 cm³/mol. The molecule has 86 valence electrons. The average molecular weight is 290 g/mol. The van der Waals surface area contributed by atoms with Crippen LogP contribution in [-0.2, 0) is 0 Å². The fraction of sp³-hybridized carbons (Fsp3) is 0.0769. The van der Waals surface area contributed by atoms with Gasteiger partial charge in [0.1, 0.15) is 0 Å². The molecule has 0 spiro atoms. The minimum atomic E-state index is -0.221. The fourth-order valence-electron chi connectivity index (χ4n) is 2.09. The molecule has 1 atom stereocenters. The molecule has 0 radical (unpaired) electrons. The fourth-order valence-corrected chi connectivity index (χ4v) is 2.44. The number of halogens is 1. The van der Waals surface area contributed by atoms with Gasteiger partial charge in [-0.25, -0.2) is 0 Å². The summed E-state index contributed by atoms with van der Waals surface area (Å²) in [6.07, 6.45) is -0.221. The first-order valence-corrected chi connectivity index (χ1v) is 6.21. The van der Waals surface area contributed by atoms with Gasteiger partial charge < -0.3 is 10.2 Å². The second-order valence-corrected chi connectivity index (χ2v) is 4.87. The standard InChI is InChI=1S/C13H12BrN3/c14-9-6-7-11-12(8-9)17(13(15)16-11)10-4-2-1-3-5-10/h1-8,13,16H,15H2. The van der Waals surface area contributed by atoms with Crippen LogP contribution < -0.4 is 16.0 Å². The van der Waals surface area contributed by atoms with Crippen LogP contribution in [0.5, 0.6) is 0 Å². The number of fused-ring (bicyclic) bond motifs is 1. The van der Waals surface area contributed by atoms with Crippen molar-refractivity contribution in [2.45, 2.75) is 6.29 Å². The van der Waals surface area contributed by atoms with E-state index in [4.69, 9.17) is 5.73 Å². The van der Waals surface area contributed by atoms with Crippen LogP contribution >= 0.6 is 15.9 Å². The van der Waals surface area contributed by atoms with Crippen LogP contribution in [0, 0.1) is 0 Å². The van der Waals surface area contributed by atoms with Crippen LogP contribution in [-0.4, -0.2) is 6.29 Å². The Morgan fingerprint density at radius 2 is 1.88 bits per heavy atom. The van der Waals surface area contributed by atoms with E-state index in [1.807, 2.05) is 30.3 Å². The number of nitrogens with one attached hydrogen (secondary N) is 1. The van der Waals surface area contributed by atoms with E-state index in [1.165, 1.54) is 0 Å². The lowest BCUT2D eigenvalue weighted by Gasteiger charge is -2.23. The number of nitrogens with zero attached hydrogens (tertiary/aromatic N) is 1. The van der Waals surface area contributed by atoms with Gasteiger partial charge in [-0.2, -0.15) is 0 Å². The smallest absolute Gasteiger partial charge is 0.157 e. The van der Waals surface area contributed by atoms with Crippen molar-refractivity contribution >= 4 is 33.0 Å². The zero-order valence-corrected chi connectivity index (χ0v) is 10.7. The van der Waals surface area contributed by atoms with Crippen molar-refractivity contribution in [3.63, 3.8) is 0 Å². The molecule has 1 aliphatic heterocycles. The molecular weight excluding hydrogens is 278 g/mol. The van der Waals surface area contributed by atoms with Gasteiger partial charge in [0, 0.05) is 10.2 Å². The number of benzene rings is 2. The number of rotatable bonds is 1. The molecule has 4 heteroatoms. The highest BCUT2D eigenvalue weighted by molar-refractivity contribution is 9.10. The molecule has 1 heterocycles. The molecule has 0 fully saturated rings. The summed E-state index contributed by atoms with van der Waals surface area (Å²) in [4.78, 5) is 2.08. The van der Waals surface area contributed by atoms with Crippen molar-refractivity contribution in [2.24, 2.45) is 5.73 Å². The number of hydrogen-bond acceptors (Lipinski definition) is 3. The minimum Gasteiger partial charge on any atom is -0.351 e. The molecular formula is C13H12BrN3. The average Bonchev–Trinajstić information content (AvgIpc) is 2.65. The number of nitrogens with two attached hydrogens (primary N) is 1. The Bertz CT molecular complexity index is 542. The molecule has 3 nitrogen and oxygen atoms in total. The molecule has 17 heavy (non-hydrogen) atoms. The maximum atomic E-state index is 6.11. The minimum absolute atomic E-state index is 0.221. The predicted octanol–water partition coefficient (Wildman–Crippen LogP) is 3.26. The molecule has 1 aliphatic rings. The summed E-state index contributed by atoms with van der Waals surface area (Å²) in [5.41, 5.74) is 9.35. The lowest BCUT2D eigenvalue weighted by atomic mass is 10.2. The van der Waals surface area contributed by atoms with Crippen molar-refractivity contribution in [1.29, 1.82) is 0 Å². The second-order valence-electron chi connectivity index (χ2n) is 3.96. The van der Waals surface area contributed by atoms with E-state index in [0.29, 0.717) is 0 Å². The highest BCUT2D eigenvalue weighted by Gasteiger charge is 2.26. The topological polar surface area (TPSA) is 41.3 Å². The van der Waals surface area contributed by atoms with E-state index >= 15 is 0 Å². The van der Waals surface area contributed by atoms with Gasteiger partial charge in [-0.1, -0.05) is 34.1 Å². The molecule has 0 saturated carbocycles. The van der Waals surface area contributed by atoms with Gasteiger partial charge in [-0.05, 0) is 30.3 Å². The van der Waals surface area contributed by atoms with Crippen molar-refractivity contribution in [3.8, 4) is 0 Å². The first-order valence-electron chi connectivity index (χ1n) is 5.42. The van der Waals surface area contributed by atoms with E-state index in [1.54, 1.807) is 0 Å². The Morgan fingerprint density at radius 1 is 1.12 bits per heavy atom. The second kappa shape index (κ2) is 4.05. The Hall–Kier alpha value is -1.52. The van der Waals surface area contributed by atoms with Crippen molar-refractivity contribution in [2.75, 3.05) is 10.2 Å². The van der Waals surface area contributed by atoms with Crippen molar-refractivity contribution in [1.82, 2.24) is 0 Å². The summed E-state index contributed by atoms with van der Waals surface area (Å²) in [7, 11) is 0. The lowest BCUT2D eigenvalue weighted by Crippen LogP contribution is -2.39. The maximum Gasteiger partial charge on any atom is 0.157 e. The van der Waals surface area contributed by atoms with E-state index in [0.717, 1.165) is 21.5 Å². The first-order chi connectivity index (χ1) is 8.25. The zero-order chi connectivity index (χ0) is 11.8. The normalized spacial score (nSPS) is 17.8. The van der Waals surface area contributed by atoms with Crippen LogP contribution in [0.2, 0.25) is 0 Å². The molecule has 0 aliphatic carbocycles. The van der Waals surface area contributed by atoms with E-state index in [-0.39, 0.29) is 6.29 Å². The zero-order valence-electron chi connectivity index (χ0n) is 9.10. The Kier molecular flexibility index (Phi) is 2.53. The SMILES string of the molecule is NC1Nc2ccc(Br)cc2N1c1ccccc1. The van der Waals surface area contributed by atoms with Gasteiger partial charge >= 0.3 is 0 Å². The van der Waals surface area contributed by atoms with Crippen LogP contribution in [0.15, 0.2) is 53.0 Å². The molecule has 3 rings (SSSR count). The van der Waals surface area contributed by atoms with E-state index in [9.17, 15) is 0 Å². The summed E-state index contributed by atoms with van der Waals surface area (Å²) in [6.45, 7) is 0. The van der Waals surface area contributed by atoms with Gasteiger partial charge in [-0.3, -0.25) is 5.73 Å². The van der Waals surface area contributed by atoms with E-state index in [2.05, 4.69) is 44.3 Å². The van der Waals surface area contributed by atoms with Crippen LogP contribution in [0.25, 0.3) is 0 Å². The summed E-state index contributed by atoms with van der Waals surface area (Å²) >= 11 is 3.49. The molecule has 2 aromatic carbocycles. The highest BCUT2D eigenvalue weighted by Crippen LogP contribution is 2.39. The quantitative estimate of drug-likeness (QED) is 0.847. The molecule has 2 aromatic rings. The Labute approximate surface area is 108 Å². The van der Waals surface area contributed by atoms with Gasteiger partial charge in [-0.15, -0.1) is 0 Å². The lowest BCUT2D eigenvalue weighted by molar-refractivity contribution is 0.802.